The van der Waals surface area contributed by atoms with Crippen LogP contribution in [0.5, 0.6) is 0 Å². The van der Waals surface area contributed by atoms with Gasteiger partial charge < -0.3 is 19.3 Å². The molecule has 1 aromatic rings. The van der Waals surface area contributed by atoms with Gasteiger partial charge in [0.25, 0.3) is 11.8 Å². The van der Waals surface area contributed by atoms with Crippen LogP contribution in [0.2, 0.25) is 0 Å². The van der Waals surface area contributed by atoms with Crippen molar-refractivity contribution >= 4 is 35.5 Å². The van der Waals surface area contributed by atoms with Crippen LogP contribution >= 0.6 is 0 Å². The molecule has 3 aliphatic rings. The molecule has 0 saturated carbocycles. The van der Waals surface area contributed by atoms with Crippen LogP contribution in [-0.4, -0.2) is 88.8 Å². The van der Waals surface area contributed by atoms with Crippen molar-refractivity contribution in [1.29, 1.82) is 0 Å². The Bertz CT molecular complexity index is 1500. The number of halogens is 1. The van der Waals surface area contributed by atoms with Crippen molar-refractivity contribution in [3.8, 4) is 0 Å². The molecule has 2 aliphatic heterocycles. The predicted octanol–water partition coefficient (Wildman–Crippen LogP) is 2.67. The molecule has 1 aliphatic carbocycles. The molecular weight excluding hydrogens is 613 g/mol. The number of fused-ring (bicyclic) bond motifs is 1. The van der Waals surface area contributed by atoms with Gasteiger partial charge in [-0.25, -0.2) is 24.8 Å². The molecule has 15 heteroatoms. The summed E-state index contributed by atoms with van der Waals surface area (Å²) in [5, 5.41) is 0. The van der Waals surface area contributed by atoms with E-state index >= 15 is 4.39 Å². The average Bonchev–Trinajstić information content (AvgIpc) is 3.46. The number of amides is 4. The Hall–Kier alpha value is -5.21. The normalized spacial score (nSPS) is 19.1. The molecular formula is C32H40FN7O7. The first-order valence-electron chi connectivity index (χ1n) is 15.1. The summed E-state index contributed by atoms with van der Waals surface area (Å²) in [6.07, 6.45) is 0.265. The number of nitrogens with one attached hydrogen (secondary N) is 4. The second kappa shape index (κ2) is 14.1. The van der Waals surface area contributed by atoms with Crippen LogP contribution < -0.4 is 21.7 Å². The molecule has 14 nitrogen and oxygen atoms in total. The van der Waals surface area contributed by atoms with E-state index in [9.17, 15) is 24.0 Å². The Morgan fingerprint density at radius 3 is 1.87 bits per heavy atom. The van der Waals surface area contributed by atoms with E-state index in [0.29, 0.717) is 5.56 Å². The third kappa shape index (κ3) is 8.95. The van der Waals surface area contributed by atoms with E-state index in [-0.39, 0.29) is 54.8 Å². The van der Waals surface area contributed by atoms with Crippen molar-refractivity contribution in [1.82, 2.24) is 31.5 Å². The molecule has 1 fully saturated rings. The maximum absolute atomic E-state index is 15.4. The maximum Gasteiger partial charge on any atom is 0.426 e. The molecule has 47 heavy (non-hydrogen) atoms. The number of carbonyl (C=O) groups is 5. The van der Waals surface area contributed by atoms with Crippen molar-refractivity contribution in [2.45, 2.75) is 58.9 Å². The van der Waals surface area contributed by atoms with Crippen molar-refractivity contribution < 1.29 is 37.8 Å². The zero-order chi connectivity index (χ0) is 34.5. The minimum absolute atomic E-state index is 0.0544. The van der Waals surface area contributed by atoms with E-state index < -0.39 is 47.2 Å². The highest BCUT2D eigenvalue weighted by molar-refractivity contribution is 6.44. The van der Waals surface area contributed by atoms with Gasteiger partial charge in [0.15, 0.2) is 0 Å². The second-order valence-electron chi connectivity index (χ2n) is 13.0. The molecule has 4 amide bonds. The minimum atomic E-state index is -1.71. The van der Waals surface area contributed by atoms with Gasteiger partial charge in [0.1, 0.15) is 23.2 Å². The fraction of sp³-hybridized carbons (Fsp3) is 0.438. The number of nitrogens with zero attached hydrogens (tertiary/aromatic N) is 3. The number of allylic oxidation sites excluding steroid dienone is 3. The molecule has 0 spiro atoms. The van der Waals surface area contributed by atoms with Crippen molar-refractivity contribution in [2.24, 2.45) is 10.9 Å². The first-order chi connectivity index (χ1) is 22.0. The van der Waals surface area contributed by atoms with Gasteiger partial charge in [-0.05, 0) is 59.8 Å². The molecule has 1 aromatic carbocycles. The van der Waals surface area contributed by atoms with E-state index in [1.165, 1.54) is 17.1 Å². The van der Waals surface area contributed by atoms with Gasteiger partial charge in [-0.3, -0.25) is 30.2 Å². The number of benzene rings is 1. The topological polar surface area (TPSA) is 171 Å². The Labute approximate surface area is 272 Å². The van der Waals surface area contributed by atoms with Crippen molar-refractivity contribution in [2.75, 3.05) is 26.2 Å². The molecule has 0 radical (unpaired) electrons. The number of hydrogen-bond acceptors (Lipinski definition) is 10. The largest absolute Gasteiger partial charge is 0.443 e. The zero-order valence-electron chi connectivity index (χ0n) is 27.2. The van der Waals surface area contributed by atoms with E-state index in [4.69, 9.17) is 9.47 Å². The Morgan fingerprint density at radius 2 is 1.34 bits per heavy atom. The van der Waals surface area contributed by atoms with Gasteiger partial charge >= 0.3 is 12.2 Å². The number of hydrazine groups is 2. The second-order valence-corrected chi connectivity index (χ2v) is 13.0. The van der Waals surface area contributed by atoms with Crippen LogP contribution in [0.25, 0.3) is 0 Å². The Morgan fingerprint density at radius 1 is 0.809 bits per heavy atom. The van der Waals surface area contributed by atoms with E-state index in [0.717, 1.165) is 6.20 Å². The molecule has 0 aromatic heterocycles. The highest BCUT2D eigenvalue weighted by Gasteiger charge is 2.43. The number of aliphatic imine (C=N–C) groups is 1. The number of alkyl halides is 1. The molecule has 4 rings (SSSR count). The molecule has 2 unspecified atom stereocenters. The van der Waals surface area contributed by atoms with Crippen LogP contribution in [0, 0.1) is 5.92 Å². The Kier molecular flexibility index (Phi) is 10.4. The lowest BCUT2D eigenvalue weighted by molar-refractivity contribution is -0.143. The lowest BCUT2D eigenvalue weighted by Gasteiger charge is -2.34. The predicted molar refractivity (Wildman–Crippen MR) is 169 cm³/mol. The summed E-state index contributed by atoms with van der Waals surface area (Å²) in [4.78, 5) is 71.5. The Balaban J connectivity index is 1.48. The third-order valence-corrected chi connectivity index (χ3v) is 6.99. The van der Waals surface area contributed by atoms with E-state index in [1.54, 1.807) is 70.7 Å². The van der Waals surface area contributed by atoms with Gasteiger partial charge in [0, 0.05) is 49.1 Å². The summed E-state index contributed by atoms with van der Waals surface area (Å²) in [5.41, 5.74) is 8.88. The van der Waals surface area contributed by atoms with Gasteiger partial charge in [-0.1, -0.05) is 24.3 Å². The van der Waals surface area contributed by atoms with Crippen LogP contribution in [0.4, 0.5) is 14.0 Å². The molecule has 2 heterocycles. The average molecular weight is 654 g/mol. The van der Waals surface area contributed by atoms with Crippen LogP contribution in [0.15, 0.2) is 70.6 Å². The summed E-state index contributed by atoms with van der Waals surface area (Å²) in [6.45, 7) is 10.8. The number of ketones is 1. The fourth-order valence-electron chi connectivity index (χ4n) is 4.95. The van der Waals surface area contributed by atoms with Crippen molar-refractivity contribution in [3.63, 3.8) is 0 Å². The van der Waals surface area contributed by atoms with Crippen LogP contribution in [0.1, 0.15) is 51.9 Å². The van der Waals surface area contributed by atoms with Crippen LogP contribution in [0.3, 0.4) is 0 Å². The standard InChI is InChI=1S/C32H40FN7O7/c1-31(2,3)46-29(44)37-35-26(36-38-30(45)47-32(4,5)6)20-12-13-22(33)23-21(18-34-24(20)23)25(41)28(43)40-16-14-39(15-17-40)27(42)19-10-8-7-9-11-19/h7-13,18,22-23,35-36H,14-17H2,1-6H3,(H,37,44)(H,38,45). The van der Waals surface area contributed by atoms with Gasteiger partial charge in [-0.2, -0.15) is 0 Å². The highest BCUT2D eigenvalue weighted by Crippen LogP contribution is 2.35. The molecule has 1 saturated heterocycles. The fourth-order valence-corrected chi connectivity index (χ4v) is 4.95. The lowest BCUT2D eigenvalue weighted by atomic mass is 9.81. The first kappa shape index (κ1) is 34.7. The summed E-state index contributed by atoms with van der Waals surface area (Å²) < 4.78 is 25.9. The number of carbonyl (C=O) groups excluding carboxylic acids is 5. The highest BCUT2D eigenvalue weighted by atomic mass is 19.1. The third-order valence-electron chi connectivity index (χ3n) is 6.99. The molecule has 4 N–H and O–H groups in total. The number of Topliss-reactive ketones (excluding diaryl/α,β-unsaturated/α-hetero) is 1. The lowest BCUT2D eigenvalue weighted by Crippen LogP contribution is -2.52. The summed E-state index contributed by atoms with van der Waals surface area (Å²) in [6, 6.07) is 8.76. The van der Waals surface area contributed by atoms with Gasteiger partial charge in [0.2, 0.25) is 5.78 Å². The van der Waals surface area contributed by atoms with Gasteiger partial charge in [-0.15, -0.1) is 0 Å². The summed E-state index contributed by atoms with van der Waals surface area (Å²) in [7, 11) is 0. The smallest absolute Gasteiger partial charge is 0.426 e. The number of hydrogen-bond donors (Lipinski definition) is 4. The monoisotopic (exact) mass is 653 g/mol. The molecule has 0 bridgehead atoms. The summed E-state index contributed by atoms with van der Waals surface area (Å²) >= 11 is 0. The number of ether oxygens (including phenoxy) is 2. The number of piperazine rings is 1. The summed E-state index contributed by atoms with van der Waals surface area (Å²) in [5.74, 6) is -3.22. The first-order valence-corrected chi connectivity index (χ1v) is 15.1. The maximum atomic E-state index is 15.4. The van der Waals surface area contributed by atoms with Crippen LogP contribution in [-0.2, 0) is 19.1 Å². The number of rotatable bonds is 7. The van der Waals surface area contributed by atoms with E-state index in [1.807, 2.05) is 6.07 Å². The quantitative estimate of drug-likeness (QED) is 0.255. The van der Waals surface area contributed by atoms with E-state index in [2.05, 4.69) is 26.7 Å². The van der Waals surface area contributed by atoms with Gasteiger partial charge in [0.05, 0.1) is 11.6 Å². The van der Waals surface area contributed by atoms with Crippen molar-refractivity contribution in [3.05, 3.63) is 71.2 Å². The molecule has 2 atom stereocenters. The SMILES string of the molecule is CC(C)(C)OC(=O)NNC(NNC(=O)OC(C)(C)C)=C1C=CC(F)C2C(C(=O)C(=O)N3CCN(C(=O)c4ccccc4)CC3)=CN=C12. The molecule has 252 valence electrons. The zero-order valence-corrected chi connectivity index (χ0v) is 27.2. The minimum Gasteiger partial charge on any atom is -0.443 e.